The van der Waals surface area contributed by atoms with E-state index in [9.17, 15) is 4.39 Å². The second kappa shape index (κ2) is 7.11. The van der Waals surface area contributed by atoms with E-state index in [0.717, 1.165) is 18.6 Å². The van der Waals surface area contributed by atoms with Crippen molar-refractivity contribution >= 4 is 17.6 Å². The van der Waals surface area contributed by atoms with Gasteiger partial charge in [0.05, 0.1) is 0 Å². The van der Waals surface area contributed by atoms with E-state index in [2.05, 4.69) is 5.16 Å². The lowest BCUT2D eigenvalue weighted by molar-refractivity contribution is 0.316. The van der Waals surface area contributed by atoms with Crippen LogP contribution in [0.15, 0.2) is 34.3 Å². The summed E-state index contributed by atoms with van der Waals surface area (Å²) in [4.78, 5) is 0.672. The summed E-state index contributed by atoms with van der Waals surface area (Å²) in [6, 6.07) is 6.72. The molecule has 0 saturated heterocycles. The lowest BCUT2D eigenvalue weighted by Crippen LogP contribution is -2.10. The molecule has 1 rings (SSSR count). The molecule has 0 aliphatic carbocycles. The number of hydrogen-bond donors (Lipinski definition) is 2. The maximum Gasteiger partial charge on any atom is 0.139 e. The Balaban J connectivity index is 2.19. The van der Waals surface area contributed by atoms with E-state index in [4.69, 9.17) is 10.9 Å². The number of amidine groups is 1. The van der Waals surface area contributed by atoms with Crippen LogP contribution < -0.4 is 5.73 Å². The highest BCUT2D eigenvalue weighted by Gasteiger charge is 2.00. The van der Waals surface area contributed by atoms with Crippen LogP contribution in [0.4, 0.5) is 4.39 Å². The van der Waals surface area contributed by atoms with Crippen molar-refractivity contribution in [2.45, 2.75) is 24.2 Å². The Hall–Kier alpha value is -1.23. The standard InChI is InChI=1S/C11H15FN2OS/c12-9-5-1-2-6-10(9)16-8-4-3-7-11(13)14-15/h1-2,5-6,15H,3-4,7-8H2,(H2,13,14). The van der Waals surface area contributed by atoms with Crippen LogP contribution in [0.2, 0.25) is 0 Å². The van der Waals surface area contributed by atoms with E-state index in [1.807, 2.05) is 6.07 Å². The molecule has 0 atom stereocenters. The molecule has 0 radical (unpaired) electrons. The molecule has 0 heterocycles. The quantitative estimate of drug-likeness (QED) is 0.201. The highest BCUT2D eigenvalue weighted by Crippen LogP contribution is 2.22. The molecule has 1 aromatic rings. The monoisotopic (exact) mass is 242 g/mol. The van der Waals surface area contributed by atoms with Crippen LogP contribution in [0.5, 0.6) is 0 Å². The molecule has 0 aromatic heterocycles. The van der Waals surface area contributed by atoms with Crippen LogP contribution in [0.3, 0.4) is 0 Å². The van der Waals surface area contributed by atoms with Gasteiger partial charge in [0, 0.05) is 11.3 Å². The van der Waals surface area contributed by atoms with Crippen molar-refractivity contribution in [1.82, 2.24) is 0 Å². The summed E-state index contributed by atoms with van der Waals surface area (Å²) in [5.41, 5.74) is 5.32. The topological polar surface area (TPSA) is 58.6 Å². The van der Waals surface area contributed by atoms with Crippen molar-refractivity contribution in [3.63, 3.8) is 0 Å². The van der Waals surface area contributed by atoms with Crippen molar-refractivity contribution < 1.29 is 9.60 Å². The minimum Gasteiger partial charge on any atom is -0.409 e. The van der Waals surface area contributed by atoms with E-state index in [-0.39, 0.29) is 11.7 Å². The van der Waals surface area contributed by atoms with Gasteiger partial charge in [0.25, 0.3) is 0 Å². The number of thioether (sulfide) groups is 1. The number of nitrogens with two attached hydrogens (primary N) is 1. The number of nitrogens with zero attached hydrogens (tertiary/aromatic N) is 1. The Morgan fingerprint density at radius 2 is 2.12 bits per heavy atom. The van der Waals surface area contributed by atoms with Crippen molar-refractivity contribution in [2.75, 3.05) is 5.75 Å². The third-order valence-corrected chi connectivity index (χ3v) is 3.18. The molecular formula is C11H15FN2OS. The van der Waals surface area contributed by atoms with Gasteiger partial charge in [-0.15, -0.1) is 11.8 Å². The summed E-state index contributed by atoms with van der Waals surface area (Å²) in [6.07, 6.45) is 2.33. The lowest BCUT2D eigenvalue weighted by atomic mass is 10.2. The van der Waals surface area contributed by atoms with Crippen molar-refractivity contribution in [3.8, 4) is 0 Å². The SMILES string of the molecule is NC(CCCCSc1ccccc1F)=NO. The van der Waals surface area contributed by atoms with Gasteiger partial charge in [-0.05, 0) is 30.7 Å². The van der Waals surface area contributed by atoms with Gasteiger partial charge in [0.1, 0.15) is 11.7 Å². The van der Waals surface area contributed by atoms with Gasteiger partial charge >= 0.3 is 0 Å². The van der Waals surface area contributed by atoms with E-state index in [1.54, 1.807) is 12.1 Å². The summed E-state index contributed by atoms with van der Waals surface area (Å²) in [5.74, 6) is 0.902. The Morgan fingerprint density at radius 1 is 1.38 bits per heavy atom. The van der Waals surface area contributed by atoms with Crippen LogP contribution in [0.25, 0.3) is 0 Å². The fourth-order valence-corrected chi connectivity index (χ4v) is 2.15. The van der Waals surface area contributed by atoms with Crippen LogP contribution >= 0.6 is 11.8 Å². The Morgan fingerprint density at radius 3 is 2.81 bits per heavy atom. The smallest absolute Gasteiger partial charge is 0.139 e. The summed E-state index contributed by atoms with van der Waals surface area (Å²) in [6.45, 7) is 0. The molecule has 0 spiro atoms. The molecule has 1 aromatic carbocycles. The Labute approximate surface area is 98.5 Å². The third-order valence-electron chi connectivity index (χ3n) is 2.05. The van der Waals surface area contributed by atoms with E-state index < -0.39 is 0 Å². The predicted molar refractivity (Wildman–Crippen MR) is 64.4 cm³/mol. The molecule has 16 heavy (non-hydrogen) atoms. The lowest BCUT2D eigenvalue weighted by Gasteiger charge is -2.02. The molecule has 0 aliphatic rings. The molecule has 5 heteroatoms. The molecule has 0 aliphatic heterocycles. The van der Waals surface area contributed by atoms with Gasteiger partial charge < -0.3 is 10.9 Å². The molecule has 0 saturated carbocycles. The largest absolute Gasteiger partial charge is 0.409 e. The van der Waals surface area contributed by atoms with Gasteiger partial charge in [-0.2, -0.15) is 0 Å². The van der Waals surface area contributed by atoms with Crippen LogP contribution in [-0.4, -0.2) is 16.8 Å². The van der Waals surface area contributed by atoms with Crippen LogP contribution in [0, 0.1) is 5.82 Å². The first-order valence-corrected chi connectivity index (χ1v) is 6.06. The van der Waals surface area contributed by atoms with E-state index in [1.165, 1.54) is 17.8 Å². The number of rotatable bonds is 6. The highest BCUT2D eigenvalue weighted by molar-refractivity contribution is 7.99. The average Bonchev–Trinajstić information content (AvgIpc) is 2.30. The summed E-state index contributed by atoms with van der Waals surface area (Å²) in [5, 5.41) is 11.2. The number of halogens is 1. The van der Waals surface area contributed by atoms with Crippen molar-refractivity contribution in [2.24, 2.45) is 10.9 Å². The van der Waals surface area contributed by atoms with Gasteiger partial charge in [0.2, 0.25) is 0 Å². The molecule has 0 fully saturated rings. The maximum absolute atomic E-state index is 13.2. The second-order valence-electron chi connectivity index (χ2n) is 3.33. The Kier molecular flexibility index (Phi) is 5.71. The van der Waals surface area contributed by atoms with Crippen molar-refractivity contribution in [3.05, 3.63) is 30.1 Å². The first kappa shape index (κ1) is 12.8. The van der Waals surface area contributed by atoms with E-state index in [0.29, 0.717) is 11.3 Å². The average molecular weight is 242 g/mol. The second-order valence-corrected chi connectivity index (χ2v) is 4.46. The van der Waals surface area contributed by atoms with Crippen LogP contribution in [-0.2, 0) is 0 Å². The summed E-state index contributed by atoms with van der Waals surface area (Å²) < 4.78 is 13.2. The van der Waals surface area contributed by atoms with Crippen LogP contribution in [0.1, 0.15) is 19.3 Å². The van der Waals surface area contributed by atoms with Gasteiger partial charge in [-0.3, -0.25) is 0 Å². The number of oxime groups is 1. The molecule has 88 valence electrons. The molecule has 0 bridgehead atoms. The first-order chi connectivity index (χ1) is 7.74. The number of unbranched alkanes of at least 4 members (excludes halogenated alkanes) is 1. The third kappa shape index (κ3) is 4.53. The summed E-state index contributed by atoms with van der Waals surface area (Å²) >= 11 is 1.49. The molecule has 0 unspecified atom stereocenters. The van der Waals surface area contributed by atoms with Gasteiger partial charge in [-0.25, -0.2) is 4.39 Å². The fourth-order valence-electron chi connectivity index (χ4n) is 1.20. The Bertz CT molecular complexity index is 358. The molecule has 3 N–H and O–H groups in total. The number of benzene rings is 1. The fraction of sp³-hybridized carbons (Fsp3) is 0.364. The first-order valence-electron chi connectivity index (χ1n) is 5.07. The molecule has 3 nitrogen and oxygen atoms in total. The summed E-state index contributed by atoms with van der Waals surface area (Å²) in [7, 11) is 0. The van der Waals surface area contributed by atoms with Gasteiger partial charge in [0.15, 0.2) is 0 Å². The molecule has 0 amide bonds. The van der Waals surface area contributed by atoms with Gasteiger partial charge in [-0.1, -0.05) is 17.3 Å². The predicted octanol–water partition coefficient (Wildman–Crippen LogP) is 2.83. The molecular weight excluding hydrogens is 227 g/mol. The number of hydrogen-bond acceptors (Lipinski definition) is 3. The highest BCUT2D eigenvalue weighted by atomic mass is 32.2. The maximum atomic E-state index is 13.2. The minimum atomic E-state index is -0.177. The minimum absolute atomic E-state index is 0.177. The van der Waals surface area contributed by atoms with E-state index >= 15 is 0 Å². The van der Waals surface area contributed by atoms with Crippen molar-refractivity contribution in [1.29, 1.82) is 0 Å². The zero-order chi connectivity index (χ0) is 11.8. The normalized spacial score (nSPS) is 11.7. The zero-order valence-corrected chi connectivity index (χ0v) is 9.71. The zero-order valence-electron chi connectivity index (χ0n) is 8.90.